The number of aryl methyl sites for hydroxylation is 2. The molecule has 2 heterocycles. The van der Waals surface area contributed by atoms with E-state index in [2.05, 4.69) is 20.4 Å². The fourth-order valence-corrected chi connectivity index (χ4v) is 2.86. The van der Waals surface area contributed by atoms with Crippen LogP contribution in [0.1, 0.15) is 11.3 Å². The number of aromatic nitrogens is 4. The Morgan fingerprint density at radius 1 is 1.00 bits per heavy atom. The quantitative estimate of drug-likeness (QED) is 0.567. The maximum atomic E-state index is 13.5. The summed E-state index contributed by atoms with van der Waals surface area (Å²) in [6.45, 7) is 3.93. The van der Waals surface area contributed by atoms with Gasteiger partial charge in [0, 0.05) is 23.6 Å². The largest absolute Gasteiger partial charge is 0.324 e. The van der Waals surface area contributed by atoms with E-state index in [4.69, 9.17) is 0 Å². The lowest BCUT2D eigenvalue weighted by Gasteiger charge is -2.08. The Labute approximate surface area is 156 Å². The maximum absolute atomic E-state index is 13.5. The number of para-hydroxylation sites is 1. The molecule has 1 N–H and O–H groups in total. The van der Waals surface area contributed by atoms with Gasteiger partial charge in [-0.15, -0.1) is 0 Å². The van der Waals surface area contributed by atoms with Crippen molar-refractivity contribution in [1.29, 1.82) is 0 Å². The van der Waals surface area contributed by atoms with Gasteiger partial charge in [0.2, 0.25) is 5.95 Å². The number of benzene rings is 2. The highest BCUT2D eigenvalue weighted by atomic mass is 19.1. The second-order valence-electron chi connectivity index (χ2n) is 6.26. The molecule has 0 spiro atoms. The van der Waals surface area contributed by atoms with Crippen LogP contribution < -0.4 is 5.32 Å². The predicted octanol–water partition coefficient (Wildman–Crippen LogP) is 4.83. The molecule has 134 valence electrons. The lowest BCUT2D eigenvalue weighted by Crippen LogP contribution is -1.99. The first-order chi connectivity index (χ1) is 13.1. The summed E-state index contributed by atoms with van der Waals surface area (Å²) < 4.78 is 15.2. The molecule has 4 aromatic rings. The topological polar surface area (TPSA) is 55.6 Å². The van der Waals surface area contributed by atoms with Crippen LogP contribution in [0.25, 0.3) is 16.9 Å². The third kappa shape index (κ3) is 3.55. The minimum Gasteiger partial charge on any atom is -0.324 e. The standard InChI is InChI=1S/C21H18FN5/c1-14-6-3-4-9-19(14)24-21-23-11-10-20(25-21)18-13-27(26-15(18)2)17-8-5-7-16(22)12-17/h3-13H,1-2H3,(H,23,24,25). The minimum absolute atomic E-state index is 0.297. The van der Waals surface area contributed by atoms with Crippen molar-refractivity contribution in [2.24, 2.45) is 0 Å². The summed E-state index contributed by atoms with van der Waals surface area (Å²) in [7, 11) is 0. The summed E-state index contributed by atoms with van der Waals surface area (Å²) in [6.07, 6.45) is 3.56. The molecule has 4 rings (SSSR count). The van der Waals surface area contributed by atoms with Crippen molar-refractivity contribution in [3.05, 3.63) is 84.1 Å². The number of halogens is 1. The Hall–Kier alpha value is -3.54. The number of nitrogens with one attached hydrogen (secondary N) is 1. The molecule has 0 radical (unpaired) electrons. The molecule has 0 unspecified atom stereocenters. The Morgan fingerprint density at radius 3 is 2.67 bits per heavy atom. The van der Waals surface area contributed by atoms with E-state index in [0.717, 1.165) is 28.2 Å². The smallest absolute Gasteiger partial charge is 0.227 e. The SMILES string of the molecule is Cc1ccccc1Nc1nccc(-c2cn(-c3cccc(F)c3)nc2C)n1. The highest BCUT2D eigenvalue weighted by molar-refractivity contribution is 5.64. The Balaban J connectivity index is 1.67. The van der Waals surface area contributed by atoms with Crippen LogP contribution in [0.4, 0.5) is 16.0 Å². The van der Waals surface area contributed by atoms with Crippen LogP contribution >= 0.6 is 0 Å². The Kier molecular flexibility index (Phi) is 4.38. The van der Waals surface area contributed by atoms with Gasteiger partial charge in [-0.25, -0.2) is 19.0 Å². The summed E-state index contributed by atoms with van der Waals surface area (Å²) in [6, 6.07) is 16.1. The summed E-state index contributed by atoms with van der Waals surface area (Å²) >= 11 is 0. The fraction of sp³-hybridized carbons (Fsp3) is 0.0952. The van der Waals surface area contributed by atoms with E-state index >= 15 is 0 Å². The molecule has 0 atom stereocenters. The van der Waals surface area contributed by atoms with Crippen molar-refractivity contribution < 1.29 is 4.39 Å². The molecule has 6 heteroatoms. The third-order valence-electron chi connectivity index (χ3n) is 4.29. The van der Waals surface area contributed by atoms with E-state index in [1.54, 1.807) is 16.9 Å². The molecule has 2 aromatic carbocycles. The molecule has 0 aliphatic rings. The van der Waals surface area contributed by atoms with Crippen LogP contribution in [0.3, 0.4) is 0 Å². The maximum Gasteiger partial charge on any atom is 0.227 e. The molecule has 0 aliphatic heterocycles. The van der Waals surface area contributed by atoms with E-state index in [9.17, 15) is 4.39 Å². The Bertz CT molecular complexity index is 1100. The first kappa shape index (κ1) is 16.9. The average Bonchev–Trinajstić information content (AvgIpc) is 3.06. The van der Waals surface area contributed by atoms with Gasteiger partial charge in [0.05, 0.1) is 17.1 Å². The van der Waals surface area contributed by atoms with Gasteiger partial charge in [-0.1, -0.05) is 24.3 Å². The van der Waals surface area contributed by atoms with E-state index in [0.29, 0.717) is 11.6 Å². The molecule has 0 bridgehead atoms. The van der Waals surface area contributed by atoms with Gasteiger partial charge >= 0.3 is 0 Å². The predicted molar refractivity (Wildman–Crippen MR) is 104 cm³/mol. The number of hydrogen-bond donors (Lipinski definition) is 1. The van der Waals surface area contributed by atoms with Gasteiger partial charge in [0.25, 0.3) is 0 Å². The monoisotopic (exact) mass is 359 g/mol. The lowest BCUT2D eigenvalue weighted by molar-refractivity contribution is 0.625. The zero-order valence-corrected chi connectivity index (χ0v) is 15.0. The molecule has 2 aromatic heterocycles. The number of anilines is 2. The summed E-state index contributed by atoms with van der Waals surface area (Å²) in [5, 5.41) is 7.74. The van der Waals surface area contributed by atoms with E-state index in [-0.39, 0.29) is 5.82 Å². The minimum atomic E-state index is -0.297. The van der Waals surface area contributed by atoms with Crippen LogP contribution in [0.2, 0.25) is 0 Å². The highest BCUT2D eigenvalue weighted by Gasteiger charge is 2.12. The number of rotatable bonds is 4. The normalized spacial score (nSPS) is 10.8. The van der Waals surface area contributed by atoms with Crippen molar-refractivity contribution in [2.45, 2.75) is 13.8 Å². The van der Waals surface area contributed by atoms with Gasteiger partial charge in [0.15, 0.2) is 0 Å². The van der Waals surface area contributed by atoms with Crippen LogP contribution in [-0.4, -0.2) is 19.7 Å². The Morgan fingerprint density at radius 2 is 1.85 bits per heavy atom. The first-order valence-electron chi connectivity index (χ1n) is 8.58. The van der Waals surface area contributed by atoms with Crippen LogP contribution in [0.15, 0.2) is 67.0 Å². The van der Waals surface area contributed by atoms with Gasteiger partial charge in [-0.2, -0.15) is 5.10 Å². The molecular weight excluding hydrogens is 341 g/mol. The van der Waals surface area contributed by atoms with Gasteiger partial charge in [-0.05, 0) is 49.7 Å². The lowest BCUT2D eigenvalue weighted by atomic mass is 10.2. The molecule has 0 aliphatic carbocycles. The van der Waals surface area contributed by atoms with Crippen molar-refractivity contribution in [2.75, 3.05) is 5.32 Å². The summed E-state index contributed by atoms with van der Waals surface area (Å²) in [5.41, 5.74) is 5.16. The van der Waals surface area contributed by atoms with Crippen LogP contribution in [-0.2, 0) is 0 Å². The number of nitrogens with zero attached hydrogens (tertiary/aromatic N) is 4. The molecule has 0 amide bonds. The van der Waals surface area contributed by atoms with Crippen molar-refractivity contribution >= 4 is 11.6 Å². The van der Waals surface area contributed by atoms with Crippen LogP contribution in [0, 0.1) is 19.7 Å². The van der Waals surface area contributed by atoms with E-state index < -0.39 is 0 Å². The van der Waals surface area contributed by atoms with E-state index in [1.165, 1.54) is 12.1 Å². The zero-order chi connectivity index (χ0) is 18.8. The van der Waals surface area contributed by atoms with Gasteiger partial charge < -0.3 is 5.32 Å². The van der Waals surface area contributed by atoms with Crippen molar-refractivity contribution in [1.82, 2.24) is 19.7 Å². The summed E-state index contributed by atoms with van der Waals surface area (Å²) in [4.78, 5) is 8.92. The van der Waals surface area contributed by atoms with Gasteiger partial charge in [-0.3, -0.25) is 0 Å². The first-order valence-corrected chi connectivity index (χ1v) is 8.58. The molecule has 0 saturated carbocycles. The van der Waals surface area contributed by atoms with Crippen molar-refractivity contribution in [3.63, 3.8) is 0 Å². The number of hydrogen-bond acceptors (Lipinski definition) is 4. The highest BCUT2D eigenvalue weighted by Crippen LogP contribution is 2.24. The van der Waals surface area contributed by atoms with Gasteiger partial charge in [0.1, 0.15) is 5.82 Å². The third-order valence-corrected chi connectivity index (χ3v) is 4.29. The second-order valence-corrected chi connectivity index (χ2v) is 6.26. The van der Waals surface area contributed by atoms with Crippen molar-refractivity contribution in [3.8, 4) is 16.9 Å². The average molecular weight is 359 g/mol. The molecule has 5 nitrogen and oxygen atoms in total. The molecule has 27 heavy (non-hydrogen) atoms. The van der Waals surface area contributed by atoms with E-state index in [1.807, 2.05) is 56.4 Å². The summed E-state index contributed by atoms with van der Waals surface area (Å²) in [5.74, 6) is 0.216. The van der Waals surface area contributed by atoms with Crippen LogP contribution in [0.5, 0.6) is 0 Å². The molecule has 0 fully saturated rings. The fourth-order valence-electron chi connectivity index (χ4n) is 2.86. The molecule has 0 saturated heterocycles. The molecular formula is C21H18FN5. The second kappa shape index (κ2) is 6.99. The zero-order valence-electron chi connectivity index (χ0n) is 15.0.